The lowest BCUT2D eigenvalue weighted by atomic mass is 10.1. The molecule has 0 aliphatic rings. The highest BCUT2D eigenvalue weighted by Gasteiger charge is 2.09. The smallest absolute Gasteiger partial charge is 0.252 e. The van der Waals surface area contributed by atoms with Crippen LogP contribution in [0.1, 0.15) is 27.9 Å². The largest absolute Gasteiger partial charge is 0.395 e. The minimum Gasteiger partial charge on any atom is -0.395 e. The number of hydrogen-bond donors (Lipinski definition) is 2. The fourth-order valence-electron chi connectivity index (χ4n) is 1.67. The lowest BCUT2D eigenvalue weighted by Gasteiger charge is -2.06. The maximum atomic E-state index is 12.2. The molecule has 3 nitrogen and oxygen atoms in total. The molecule has 0 saturated carbocycles. The third-order valence-corrected chi connectivity index (χ3v) is 3.40. The molecule has 2 N–H and O–H groups in total. The van der Waals surface area contributed by atoms with Gasteiger partial charge in [0.25, 0.3) is 5.91 Å². The van der Waals surface area contributed by atoms with Crippen molar-refractivity contribution in [3.8, 4) is 11.8 Å². The fourth-order valence-corrected chi connectivity index (χ4v) is 2.34. The molecular weight excluding hydrogens is 270 g/mol. The van der Waals surface area contributed by atoms with Crippen LogP contribution in [0.4, 0.5) is 0 Å². The van der Waals surface area contributed by atoms with Crippen molar-refractivity contribution in [2.45, 2.75) is 13.0 Å². The summed E-state index contributed by atoms with van der Waals surface area (Å²) in [6.07, 6.45) is 0.408. The zero-order valence-electron chi connectivity index (χ0n) is 10.9. The van der Waals surface area contributed by atoms with Crippen LogP contribution in [0.25, 0.3) is 0 Å². The van der Waals surface area contributed by atoms with Crippen LogP contribution in [-0.4, -0.2) is 17.6 Å². The second-order valence-corrected chi connectivity index (χ2v) is 4.92. The zero-order chi connectivity index (χ0) is 14.2. The van der Waals surface area contributed by atoms with E-state index in [2.05, 4.69) is 17.2 Å². The second kappa shape index (κ2) is 7.49. The number of benzene rings is 1. The zero-order valence-corrected chi connectivity index (χ0v) is 11.7. The Labute approximate surface area is 122 Å². The average Bonchev–Trinajstić information content (AvgIpc) is 2.99. The molecule has 0 atom stereocenters. The van der Waals surface area contributed by atoms with Gasteiger partial charge < -0.3 is 10.4 Å². The van der Waals surface area contributed by atoms with Gasteiger partial charge in [-0.25, -0.2) is 0 Å². The Morgan fingerprint density at radius 3 is 2.90 bits per heavy atom. The van der Waals surface area contributed by atoms with Crippen LogP contribution in [-0.2, 0) is 6.54 Å². The molecule has 4 heteroatoms. The Morgan fingerprint density at radius 2 is 2.15 bits per heavy atom. The highest BCUT2D eigenvalue weighted by Crippen LogP contribution is 2.09. The van der Waals surface area contributed by atoms with E-state index in [1.165, 1.54) is 0 Å². The Hall–Kier alpha value is -2.09. The Kier molecular flexibility index (Phi) is 5.36. The summed E-state index contributed by atoms with van der Waals surface area (Å²) >= 11 is 1.61. The van der Waals surface area contributed by atoms with Crippen LogP contribution >= 0.6 is 11.3 Å². The standard InChI is InChI=1S/C16H15NO2S/c18-9-4-3-6-14-5-1-2-7-15(14)16(19)17-11-13-8-10-20-12-13/h1-2,5,7-8,10,12,18H,4,9,11H2,(H,17,19). The lowest BCUT2D eigenvalue weighted by molar-refractivity contribution is 0.0950. The highest BCUT2D eigenvalue weighted by molar-refractivity contribution is 7.07. The number of hydrogen-bond acceptors (Lipinski definition) is 3. The number of carbonyl (C=O) groups excluding carboxylic acids is 1. The fraction of sp³-hybridized carbons (Fsp3) is 0.188. The Bertz CT molecular complexity index is 623. The maximum Gasteiger partial charge on any atom is 0.252 e. The van der Waals surface area contributed by atoms with Gasteiger partial charge in [-0.3, -0.25) is 4.79 Å². The molecule has 0 spiro atoms. The van der Waals surface area contributed by atoms with Gasteiger partial charge in [0.15, 0.2) is 0 Å². The highest BCUT2D eigenvalue weighted by atomic mass is 32.1. The first-order valence-corrected chi connectivity index (χ1v) is 7.23. The van der Waals surface area contributed by atoms with Crippen molar-refractivity contribution in [1.82, 2.24) is 5.32 Å². The molecular formula is C16H15NO2S. The molecule has 0 saturated heterocycles. The van der Waals surface area contributed by atoms with E-state index in [1.54, 1.807) is 17.4 Å². The normalized spacial score (nSPS) is 9.65. The third-order valence-electron chi connectivity index (χ3n) is 2.66. The number of nitrogens with one attached hydrogen (secondary N) is 1. The molecule has 0 radical (unpaired) electrons. The van der Waals surface area contributed by atoms with E-state index >= 15 is 0 Å². The van der Waals surface area contributed by atoms with E-state index < -0.39 is 0 Å². The van der Waals surface area contributed by atoms with Gasteiger partial charge in [-0.05, 0) is 34.5 Å². The monoisotopic (exact) mass is 285 g/mol. The first kappa shape index (κ1) is 14.3. The second-order valence-electron chi connectivity index (χ2n) is 4.14. The Morgan fingerprint density at radius 1 is 1.30 bits per heavy atom. The molecule has 2 aromatic rings. The molecule has 1 heterocycles. The van der Waals surface area contributed by atoms with Gasteiger partial charge in [-0.2, -0.15) is 11.3 Å². The van der Waals surface area contributed by atoms with Crippen molar-refractivity contribution < 1.29 is 9.90 Å². The average molecular weight is 285 g/mol. The van der Waals surface area contributed by atoms with E-state index in [0.717, 1.165) is 5.56 Å². The molecule has 1 amide bonds. The van der Waals surface area contributed by atoms with Crippen molar-refractivity contribution in [3.63, 3.8) is 0 Å². The summed E-state index contributed by atoms with van der Waals surface area (Å²) < 4.78 is 0. The molecule has 102 valence electrons. The van der Waals surface area contributed by atoms with Crippen LogP contribution in [0, 0.1) is 11.8 Å². The van der Waals surface area contributed by atoms with Crippen LogP contribution in [0.15, 0.2) is 41.1 Å². The molecule has 2 rings (SSSR count). The van der Waals surface area contributed by atoms with Gasteiger partial charge in [0.1, 0.15) is 0 Å². The van der Waals surface area contributed by atoms with Crippen molar-refractivity contribution in [2.75, 3.05) is 6.61 Å². The predicted octanol–water partition coefficient (Wildman–Crippen LogP) is 2.41. The summed E-state index contributed by atoms with van der Waals surface area (Å²) in [5.74, 6) is 5.62. The van der Waals surface area contributed by atoms with Crippen LogP contribution in [0.3, 0.4) is 0 Å². The number of amides is 1. The SMILES string of the molecule is O=C(NCc1ccsc1)c1ccccc1C#CCCO. The molecule has 0 fully saturated rings. The molecule has 1 aromatic heterocycles. The minimum atomic E-state index is -0.134. The van der Waals surface area contributed by atoms with E-state index in [1.807, 2.05) is 35.0 Å². The van der Waals surface area contributed by atoms with Gasteiger partial charge in [0.2, 0.25) is 0 Å². The first-order valence-electron chi connectivity index (χ1n) is 6.29. The van der Waals surface area contributed by atoms with Crippen LogP contribution < -0.4 is 5.32 Å². The van der Waals surface area contributed by atoms with Crippen molar-refractivity contribution in [1.29, 1.82) is 0 Å². The van der Waals surface area contributed by atoms with Crippen molar-refractivity contribution in [2.24, 2.45) is 0 Å². The summed E-state index contributed by atoms with van der Waals surface area (Å²) in [5, 5.41) is 15.6. The number of aliphatic hydroxyl groups excluding tert-OH is 1. The number of aliphatic hydroxyl groups is 1. The Balaban J connectivity index is 2.07. The van der Waals surface area contributed by atoms with Gasteiger partial charge in [-0.15, -0.1) is 0 Å². The summed E-state index contributed by atoms with van der Waals surface area (Å²) in [7, 11) is 0. The number of carbonyl (C=O) groups is 1. The molecule has 0 aliphatic carbocycles. The van der Waals surface area contributed by atoms with Gasteiger partial charge in [0.05, 0.1) is 12.2 Å². The van der Waals surface area contributed by atoms with Gasteiger partial charge >= 0.3 is 0 Å². The predicted molar refractivity (Wildman–Crippen MR) is 80.5 cm³/mol. The van der Waals surface area contributed by atoms with E-state index in [9.17, 15) is 4.79 Å². The maximum absolute atomic E-state index is 12.2. The minimum absolute atomic E-state index is 0.0273. The van der Waals surface area contributed by atoms with Gasteiger partial charge in [0, 0.05) is 18.5 Å². The summed E-state index contributed by atoms with van der Waals surface area (Å²) in [4.78, 5) is 12.2. The topological polar surface area (TPSA) is 49.3 Å². The molecule has 0 bridgehead atoms. The third kappa shape index (κ3) is 3.95. The quantitative estimate of drug-likeness (QED) is 0.848. The number of rotatable bonds is 4. The lowest BCUT2D eigenvalue weighted by Crippen LogP contribution is -2.23. The van der Waals surface area contributed by atoms with Gasteiger partial charge in [-0.1, -0.05) is 24.0 Å². The van der Waals surface area contributed by atoms with E-state index in [4.69, 9.17) is 5.11 Å². The summed E-state index contributed by atoms with van der Waals surface area (Å²) in [6, 6.07) is 9.21. The summed E-state index contributed by atoms with van der Waals surface area (Å²) in [6.45, 7) is 0.542. The van der Waals surface area contributed by atoms with Crippen LogP contribution in [0.2, 0.25) is 0 Å². The molecule has 1 aromatic carbocycles. The van der Waals surface area contributed by atoms with Crippen LogP contribution in [0.5, 0.6) is 0 Å². The van der Waals surface area contributed by atoms with E-state index in [-0.39, 0.29) is 12.5 Å². The van der Waals surface area contributed by atoms with Crippen molar-refractivity contribution >= 4 is 17.2 Å². The molecule has 0 unspecified atom stereocenters. The first-order chi connectivity index (χ1) is 9.81. The van der Waals surface area contributed by atoms with Crippen molar-refractivity contribution in [3.05, 3.63) is 57.8 Å². The molecule has 20 heavy (non-hydrogen) atoms. The number of thiophene rings is 1. The summed E-state index contributed by atoms with van der Waals surface area (Å²) in [5.41, 5.74) is 2.34. The molecule has 0 aliphatic heterocycles. The van der Waals surface area contributed by atoms with E-state index in [0.29, 0.717) is 24.1 Å².